The predicted molar refractivity (Wildman–Crippen MR) is 49.4 cm³/mol. The fraction of sp³-hybridized carbons (Fsp3) is 0.833. The molecule has 0 saturated carbocycles. The molecule has 0 heterocycles. The Kier molecular flexibility index (Phi) is 5.64. The average molecular weight is 235 g/mol. The monoisotopic (exact) mass is 233 g/mol. The van der Waals surface area contributed by atoms with Crippen LogP contribution in [0.1, 0.15) is 19.3 Å². The number of hydrogen-bond acceptors (Lipinski definition) is 1. The summed E-state index contributed by atoms with van der Waals surface area (Å²) in [4.78, 5) is 0. The Morgan fingerprint density at radius 1 is 1.36 bits per heavy atom. The highest BCUT2D eigenvalue weighted by Gasteiger charge is 2.29. The lowest BCUT2D eigenvalue weighted by Crippen LogP contribution is -2.18. The Morgan fingerprint density at radius 2 is 1.91 bits per heavy atom. The van der Waals surface area contributed by atoms with Gasteiger partial charge in [0.2, 0.25) is 3.79 Å². The number of nitrogens with zero attached hydrogens (tertiary/aromatic N) is 1. The van der Waals surface area contributed by atoms with E-state index in [2.05, 4.69) is 0 Å². The zero-order chi connectivity index (χ0) is 8.91. The third-order valence-electron chi connectivity index (χ3n) is 1.10. The predicted octanol–water partition coefficient (Wildman–Crippen LogP) is 3.66. The number of alkyl halides is 4. The fourth-order valence-corrected chi connectivity index (χ4v) is 1.01. The molecule has 5 heteroatoms. The number of nitriles is 1. The van der Waals surface area contributed by atoms with Gasteiger partial charge in [-0.25, -0.2) is 0 Å². The van der Waals surface area contributed by atoms with Gasteiger partial charge in [-0.1, -0.05) is 34.8 Å². The molecule has 0 aromatic heterocycles. The molecule has 0 aliphatic rings. The molecule has 0 N–H and O–H groups in total. The number of hydrogen-bond donors (Lipinski definition) is 0. The maximum Gasteiger partial charge on any atom is 0.206 e. The third-order valence-corrected chi connectivity index (χ3v) is 2.77. The Balaban J connectivity index is 3.55. The van der Waals surface area contributed by atoms with Crippen molar-refractivity contribution in [2.45, 2.75) is 28.4 Å². The Labute approximate surface area is 86.2 Å². The van der Waals surface area contributed by atoms with E-state index < -0.39 is 9.17 Å². The minimum atomic E-state index is -1.42. The molecular formula is C6H7Cl4N. The van der Waals surface area contributed by atoms with Crippen LogP contribution in [0, 0.1) is 11.3 Å². The van der Waals surface area contributed by atoms with Gasteiger partial charge in [-0.15, -0.1) is 11.6 Å². The van der Waals surface area contributed by atoms with Gasteiger partial charge in [0.05, 0.1) is 11.4 Å². The molecule has 0 radical (unpaired) electrons. The van der Waals surface area contributed by atoms with Crippen molar-refractivity contribution in [1.82, 2.24) is 0 Å². The second-order valence-corrected chi connectivity index (χ2v) is 4.96. The second-order valence-electron chi connectivity index (χ2n) is 2.06. The van der Waals surface area contributed by atoms with Crippen LogP contribution in [-0.4, -0.2) is 9.17 Å². The highest BCUT2D eigenvalue weighted by molar-refractivity contribution is 6.70. The topological polar surface area (TPSA) is 23.8 Å². The van der Waals surface area contributed by atoms with Crippen molar-refractivity contribution in [3.63, 3.8) is 0 Å². The Bertz CT molecular complexity index is 146. The summed E-state index contributed by atoms with van der Waals surface area (Å²) in [5.41, 5.74) is 0. The molecule has 0 rings (SSSR count). The van der Waals surface area contributed by atoms with Crippen molar-refractivity contribution in [3.8, 4) is 6.07 Å². The quantitative estimate of drug-likeness (QED) is 0.540. The minimum Gasteiger partial charge on any atom is -0.198 e. The fourth-order valence-electron chi connectivity index (χ4n) is 0.524. The zero-order valence-corrected chi connectivity index (χ0v) is 8.68. The van der Waals surface area contributed by atoms with Crippen molar-refractivity contribution >= 4 is 46.4 Å². The summed E-state index contributed by atoms with van der Waals surface area (Å²) >= 11 is 22.1. The lowest BCUT2D eigenvalue weighted by atomic mass is 10.2. The molecule has 0 aliphatic heterocycles. The second kappa shape index (κ2) is 5.32. The van der Waals surface area contributed by atoms with E-state index in [1.165, 1.54) is 0 Å². The highest BCUT2D eigenvalue weighted by Crippen LogP contribution is 2.36. The molecule has 0 aliphatic carbocycles. The van der Waals surface area contributed by atoms with Crippen LogP contribution in [0.4, 0.5) is 0 Å². The summed E-state index contributed by atoms with van der Waals surface area (Å²) in [6.07, 6.45) is 1.66. The normalized spacial score (nSPS) is 14.1. The van der Waals surface area contributed by atoms with Crippen molar-refractivity contribution in [2.75, 3.05) is 0 Å². The van der Waals surface area contributed by atoms with Gasteiger partial charge in [0, 0.05) is 6.42 Å². The molecule has 0 aromatic carbocycles. The first-order valence-electron chi connectivity index (χ1n) is 3.06. The van der Waals surface area contributed by atoms with Crippen LogP contribution in [0.25, 0.3) is 0 Å². The van der Waals surface area contributed by atoms with E-state index in [-0.39, 0.29) is 0 Å². The Hall–Kier alpha value is 0.650. The smallest absolute Gasteiger partial charge is 0.198 e. The molecule has 0 bridgehead atoms. The van der Waals surface area contributed by atoms with Crippen molar-refractivity contribution in [3.05, 3.63) is 0 Å². The first-order valence-corrected chi connectivity index (χ1v) is 4.63. The molecule has 0 aromatic rings. The van der Waals surface area contributed by atoms with Gasteiger partial charge in [-0.05, 0) is 12.8 Å². The molecule has 64 valence electrons. The maximum absolute atomic E-state index is 8.19. The highest BCUT2D eigenvalue weighted by atomic mass is 35.6. The summed E-state index contributed by atoms with van der Waals surface area (Å²) in [5, 5.41) is 7.68. The first kappa shape index (κ1) is 11.6. The largest absolute Gasteiger partial charge is 0.206 e. The molecular weight excluding hydrogens is 228 g/mol. The lowest BCUT2D eigenvalue weighted by Gasteiger charge is -2.16. The average Bonchev–Trinajstić information content (AvgIpc) is 1.86. The van der Waals surface area contributed by atoms with Crippen LogP contribution in [0.3, 0.4) is 0 Å². The standard InChI is InChI=1S/C6H7Cl4N/c7-5(6(8,9)10)3-1-2-4-11/h5H,1-3H2. The number of halogens is 4. The van der Waals surface area contributed by atoms with Gasteiger partial charge in [0.15, 0.2) is 0 Å². The van der Waals surface area contributed by atoms with Crippen molar-refractivity contribution < 1.29 is 0 Å². The molecule has 11 heavy (non-hydrogen) atoms. The van der Waals surface area contributed by atoms with Crippen LogP contribution < -0.4 is 0 Å². The van der Waals surface area contributed by atoms with Gasteiger partial charge in [0.1, 0.15) is 0 Å². The van der Waals surface area contributed by atoms with E-state index in [0.29, 0.717) is 19.3 Å². The van der Waals surface area contributed by atoms with Gasteiger partial charge >= 0.3 is 0 Å². The van der Waals surface area contributed by atoms with E-state index in [1.807, 2.05) is 6.07 Å². The van der Waals surface area contributed by atoms with Crippen LogP contribution in [0.5, 0.6) is 0 Å². The molecule has 1 atom stereocenters. The number of rotatable bonds is 3. The van der Waals surface area contributed by atoms with E-state index in [1.54, 1.807) is 0 Å². The summed E-state index contributed by atoms with van der Waals surface area (Å²) in [5.74, 6) is 0. The van der Waals surface area contributed by atoms with Crippen LogP contribution in [0.15, 0.2) is 0 Å². The van der Waals surface area contributed by atoms with Gasteiger partial charge < -0.3 is 0 Å². The van der Waals surface area contributed by atoms with Gasteiger partial charge in [-0.2, -0.15) is 5.26 Å². The molecule has 0 fully saturated rings. The van der Waals surface area contributed by atoms with Gasteiger partial charge in [0.25, 0.3) is 0 Å². The summed E-state index contributed by atoms with van der Waals surface area (Å²) in [6.45, 7) is 0. The lowest BCUT2D eigenvalue weighted by molar-refractivity contribution is 0.711. The molecule has 0 spiro atoms. The third kappa shape index (κ3) is 5.87. The van der Waals surface area contributed by atoms with Crippen LogP contribution in [0.2, 0.25) is 0 Å². The summed E-state index contributed by atoms with van der Waals surface area (Å²) < 4.78 is -1.42. The van der Waals surface area contributed by atoms with E-state index in [4.69, 9.17) is 51.7 Å². The van der Waals surface area contributed by atoms with Crippen LogP contribution >= 0.6 is 46.4 Å². The first-order chi connectivity index (χ1) is 4.98. The maximum atomic E-state index is 8.19. The van der Waals surface area contributed by atoms with Crippen LogP contribution in [-0.2, 0) is 0 Å². The molecule has 0 amide bonds. The summed E-state index contributed by atoms with van der Waals surface area (Å²) in [6, 6.07) is 1.99. The summed E-state index contributed by atoms with van der Waals surface area (Å²) in [7, 11) is 0. The van der Waals surface area contributed by atoms with Crippen molar-refractivity contribution in [2.24, 2.45) is 0 Å². The molecule has 1 unspecified atom stereocenters. The minimum absolute atomic E-state index is 0.448. The SMILES string of the molecule is N#CCCCC(Cl)C(Cl)(Cl)Cl. The van der Waals surface area contributed by atoms with E-state index >= 15 is 0 Å². The molecule has 1 nitrogen and oxygen atoms in total. The van der Waals surface area contributed by atoms with E-state index in [0.717, 1.165) is 0 Å². The van der Waals surface area contributed by atoms with E-state index in [9.17, 15) is 0 Å². The van der Waals surface area contributed by atoms with Gasteiger partial charge in [-0.3, -0.25) is 0 Å². The number of unbranched alkanes of at least 4 members (excludes halogenated alkanes) is 1. The molecule has 0 saturated heterocycles. The Morgan fingerprint density at radius 3 is 2.27 bits per heavy atom. The zero-order valence-electron chi connectivity index (χ0n) is 5.66. The van der Waals surface area contributed by atoms with Crippen molar-refractivity contribution in [1.29, 1.82) is 5.26 Å².